The van der Waals surface area contributed by atoms with Crippen molar-refractivity contribution in [2.45, 2.75) is 32.4 Å². The van der Waals surface area contributed by atoms with Gasteiger partial charge in [-0.05, 0) is 67.3 Å². The highest BCUT2D eigenvalue weighted by molar-refractivity contribution is 9.10. The SMILES string of the molecule is COc1ccc(Br)c(CNc2ccc(N3CCCCC3)c(Cl)c2)c1OCc1ccc(Cl)cc1. The summed E-state index contributed by atoms with van der Waals surface area (Å²) in [5, 5.41) is 4.96. The number of hydrogen-bond acceptors (Lipinski definition) is 4. The van der Waals surface area contributed by atoms with E-state index in [1.807, 2.05) is 42.5 Å². The minimum Gasteiger partial charge on any atom is -0.493 e. The molecule has 0 amide bonds. The van der Waals surface area contributed by atoms with Crippen molar-refractivity contribution in [3.8, 4) is 11.5 Å². The number of nitrogens with zero attached hydrogens (tertiary/aromatic N) is 1. The molecular weight excluding hydrogens is 523 g/mol. The van der Waals surface area contributed by atoms with Gasteiger partial charge >= 0.3 is 0 Å². The van der Waals surface area contributed by atoms with E-state index in [-0.39, 0.29) is 0 Å². The summed E-state index contributed by atoms with van der Waals surface area (Å²) in [6, 6.07) is 17.7. The first-order chi connectivity index (χ1) is 16.0. The van der Waals surface area contributed by atoms with E-state index in [9.17, 15) is 0 Å². The number of benzene rings is 3. The molecule has 0 radical (unpaired) electrons. The molecular formula is C26H27BrCl2N2O2. The zero-order valence-electron chi connectivity index (χ0n) is 18.5. The fourth-order valence-corrected chi connectivity index (χ4v) is 4.88. The molecule has 174 valence electrons. The van der Waals surface area contributed by atoms with Gasteiger partial charge in [-0.3, -0.25) is 0 Å². The monoisotopic (exact) mass is 548 g/mol. The molecule has 33 heavy (non-hydrogen) atoms. The van der Waals surface area contributed by atoms with Crippen LogP contribution in [0, 0.1) is 0 Å². The van der Waals surface area contributed by atoms with Crippen LogP contribution in [0.2, 0.25) is 10.0 Å². The third-order valence-electron chi connectivity index (χ3n) is 5.80. The fourth-order valence-electron chi connectivity index (χ4n) is 4.00. The number of anilines is 2. The Bertz CT molecular complexity index is 1090. The Hall–Kier alpha value is -2.08. The van der Waals surface area contributed by atoms with E-state index in [4.69, 9.17) is 32.7 Å². The second-order valence-electron chi connectivity index (χ2n) is 8.04. The van der Waals surface area contributed by atoms with Crippen LogP contribution in [0.4, 0.5) is 11.4 Å². The van der Waals surface area contributed by atoms with Gasteiger partial charge < -0.3 is 19.7 Å². The van der Waals surface area contributed by atoms with Gasteiger partial charge in [-0.25, -0.2) is 0 Å². The van der Waals surface area contributed by atoms with Crippen LogP contribution in [0.1, 0.15) is 30.4 Å². The van der Waals surface area contributed by atoms with Crippen LogP contribution in [-0.2, 0) is 13.2 Å². The highest BCUT2D eigenvalue weighted by atomic mass is 79.9. The van der Waals surface area contributed by atoms with Gasteiger partial charge in [-0.1, -0.05) is 51.3 Å². The molecule has 4 rings (SSSR count). The third kappa shape index (κ3) is 6.08. The Kier molecular flexibility index (Phi) is 8.29. The minimum atomic E-state index is 0.410. The Balaban J connectivity index is 1.50. The number of halogens is 3. The van der Waals surface area contributed by atoms with Crippen LogP contribution in [0.5, 0.6) is 11.5 Å². The summed E-state index contributed by atoms with van der Waals surface area (Å²) in [6.45, 7) is 3.09. The molecule has 0 aromatic heterocycles. The van der Waals surface area contributed by atoms with Gasteiger partial charge in [0.1, 0.15) is 6.61 Å². The predicted octanol–water partition coefficient (Wildman–Crippen LogP) is 7.95. The normalized spacial score (nSPS) is 13.6. The average Bonchev–Trinajstić information content (AvgIpc) is 2.83. The largest absolute Gasteiger partial charge is 0.493 e. The highest BCUT2D eigenvalue weighted by Crippen LogP contribution is 2.38. The molecule has 0 aliphatic carbocycles. The lowest BCUT2D eigenvalue weighted by atomic mass is 10.1. The van der Waals surface area contributed by atoms with Gasteiger partial charge in [0.15, 0.2) is 11.5 Å². The molecule has 0 atom stereocenters. The van der Waals surface area contributed by atoms with Crippen molar-refractivity contribution in [2.24, 2.45) is 0 Å². The van der Waals surface area contributed by atoms with Crippen LogP contribution in [-0.4, -0.2) is 20.2 Å². The maximum Gasteiger partial charge on any atom is 0.167 e. The second kappa shape index (κ2) is 11.4. The van der Waals surface area contributed by atoms with Crippen LogP contribution in [0.3, 0.4) is 0 Å². The fraction of sp³-hybridized carbons (Fsp3) is 0.308. The molecule has 3 aromatic carbocycles. The summed E-state index contributed by atoms with van der Waals surface area (Å²) in [5.74, 6) is 1.38. The first kappa shape index (κ1) is 24.1. The number of rotatable bonds is 8. The lowest BCUT2D eigenvalue weighted by molar-refractivity contribution is 0.281. The van der Waals surface area contributed by atoms with Crippen LogP contribution >= 0.6 is 39.1 Å². The molecule has 1 aliphatic heterocycles. The van der Waals surface area contributed by atoms with Gasteiger partial charge in [-0.2, -0.15) is 0 Å². The standard InChI is InChI=1S/C26H27BrCl2N2O2/c1-32-25-12-10-22(27)21(26(25)33-17-18-5-7-19(28)8-6-18)16-30-20-9-11-24(23(29)15-20)31-13-3-2-4-14-31/h5-12,15,30H,2-4,13-14,16-17H2,1H3. The number of hydrogen-bond donors (Lipinski definition) is 1. The predicted molar refractivity (Wildman–Crippen MR) is 141 cm³/mol. The van der Waals surface area contributed by atoms with Crippen LogP contribution < -0.4 is 19.7 Å². The van der Waals surface area contributed by atoms with Gasteiger partial charge in [0.05, 0.1) is 17.8 Å². The first-order valence-corrected chi connectivity index (χ1v) is 12.6. The zero-order chi connectivity index (χ0) is 23.2. The third-order valence-corrected chi connectivity index (χ3v) is 7.09. The summed E-state index contributed by atoms with van der Waals surface area (Å²) < 4.78 is 12.7. The lowest BCUT2D eigenvalue weighted by Gasteiger charge is -2.29. The summed E-state index contributed by atoms with van der Waals surface area (Å²) in [6.07, 6.45) is 3.74. The first-order valence-electron chi connectivity index (χ1n) is 11.1. The molecule has 3 aromatic rings. The quantitative estimate of drug-likeness (QED) is 0.309. The molecule has 1 saturated heterocycles. The molecule has 0 spiro atoms. The van der Waals surface area contributed by atoms with Gasteiger partial charge in [-0.15, -0.1) is 0 Å². The molecule has 1 fully saturated rings. The highest BCUT2D eigenvalue weighted by Gasteiger charge is 2.17. The summed E-state index contributed by atoms with van der Waals surface area (Å²) in [4.78, 5) is 2.37. The summed E-state index contributed by atoms with van der Waals surface area (Å²) in [5.41, 5.74) is 4.07. The Morgan fingerprint density at radius 2 is 1.73 bits per heavy atom. The number of ether oxygens (including phenoxy) is 2. The van der Waals surface area contributed by atoms with E-state index >= 15 is 0 Å². The van der Waals surface area contributed by atoms with Crippen LogP contribution in [0.25, 0.3) is 0 Å². The van der Waals surface area contributed by atoms with Crippen LogP contribution in [0.15, 0.2) is 59.1 Å². The molecule has 1 N–H and O–H groups in total. The smallest absolute Gasteiger partial charge is 0.167 e. The minimum absolute atomic E-state index is 0.410. The number of nitrogens with one attached hydrogen (secondary N) is 1. The van der Waals surface area contributed by atoms with Crippen molar-refractivity contribution in [3.63, 3.8) is 0 Å². The van der Waals surface area contributed by atoms with E-state index < -0.39 is 0 Å². The van der Waals surface area contributed by atoms with E-state index in [2.05, 4.69) is 38.3 Å². The van der Waals surface area contributed by atoms with Crippen molar-refractivity contribution in [3.05, 3.63) is 80.2 Å². The Morgan fingerprint density at radius 3 is 2.42 bits per heavy atom. The molecule has 0 bridgehead atoms. The summed E-state index contributed by atoms with van der Waals surface area (Å²) in [7, 11) is 1.65. The second-order valence-corrected chi connectivity index (χ2v) is 9.74. The number of methoxy groups -OCH3 is 1. The van der Waals surface area contributed by atoms with Crippen molar-refractivity contribution < 1.29 is 9.47 Å². The zero-order valence-corrected chi connectivity index (χ0v) is 21.6. The van der Waals surface area contributed by atoms with Gasteiger partial charge in [0.25, 0.3) is 0 Å². The van der Waals surface area contributed by atoms with Crippen molar-refractivity contribution >= 4 is 50.5 Å². The van der Waals surface area contributed by atoms with E-state index in [1.165, 1.54) is 19.3 Å². The molecule has 7 heteroatoms. The lowest BCUT2D eigenvalue weighted by Crippen LogP contribution is -2.29. The topological polar surface area (TPSA) is 33.7 Å². The van der Waals surface area contributed by atoms with E-state index in [0.717, 1.165) is 45.1 Å². The van der Waals surface area contributed by atoms with Crippen molar-refractivity contribution in [2.75, 3.05) is 30.4 Å². The average molecular weight is 550 g/mol. The molecule has 1 aliphatic rings. The number of piperidine rings is 1. The molecule has 0 saturated carbocycles. The van der Waals surface area contributed by atoms with Crippen molar-refractivity contribution in [1.82, 2.24) is 0 Å². The Labute approximate surface area is 213 Å². The van der Waals surface area contributed by atoms with Gasteiger partial charge in [0, 0.05) is 40.4 Å². The Morgan fingerprint density at radius 1 is 0.970 bits per heavy atom. The van der Waals surface area contributed by atoms with E-state index in [0.29, 0.717) is 29.7 Å². The van der Waals surface area contributed by atoms with Crippen molar-refractivity contribution in [1.29, 1.82) is 0 Å². The molecule has 4 nitrogen and oxygen atoms in total. The molecule has 1 heterocycles. The summed E-state index contributed by atoms with van der Waals surface area (Å²) >= 11 is 16.3. The maximum atomic E-state index is 6.64. The maximum absolute atomic E-state index is 6.64. The molecule has 0 unspecified atom stereocenters. The van der Waals surface area contributed by atoms with E-state index in [1.54, 1.807) is 7.11 Å². The van der Waals surface area contributed by atoms with Gasteiger partial charge in [0.2, 0.25) is 0 Å².